The molecule has 0 spiro atoms. The van der Waals surface area contributed by atoms with E-state index in [1.54, 1.807) is 6.07 Å². The molecule has 2 nitrogen and oxygen atoms in total. The van der Waals surface area contributed by atoms with E-state index in [-0.39, 0.29) is 5.82 Å². The Labute approximate surface area is 128 Å². The normalized spacial score (nSPS) is 11.2. The molecule has 0 aliphatic heterocycles. The molecule has 1 aromatic heterocycles. The first-order valence-corrected chi connectivity index (χ1v) is 7.53. The van der Waals surface area contributed by atoms with Gasteiger partial charge in [-0.05, 0) is 29.7 Å². The Morgan fingerprint density at radius 3 is 2.62 bits per heavy atom. The van der Waals surface area contributed by atoms with Crippen LogP contribution in [0.25, 0.3) is 11.0 Å². The molecule has 0 saturated heterocycles. The maximum absolute atomic E-state index is 13.3. The van der Waals surface area contributed by atoms with Gasteiger partial charge in [0.25, 0.3) is 0 Å². The van der Waals surface area contributed by atoms with Gasteiger partial charge in [0.15, 0.2) is 0 Å². The molecule has 2 aromatic carbocycles. The lowest BCUT2D eigenvalue weighted by molar-refractivity contribution is 0.629. The lowest BCUT2D eigenvalue weighted by atomic mass is 10.1. The molecule has 4 heteroatoms. The molecule has 0 bridgehead atoms. The summed E-state index contributed by atoms with van der Waals surface area (Å²) in [6.07, 6.45) is 0.980. The molecule has 3 rings (SSSR count). The Morgan fingerprint density at radius 1 is 1.14 bits per heavy atom. The van der Waals surface area contributed by atoms with Gasteiger partial charge in [-0.15, -0.1) is 11.6 Å². The van der Waals surface area contributed by atoms with E-state index in [0.29, 0.717) is 17.9 Å². The highest BCUT2D eigenvalue weighted by molar-refractivity contribution is 6.16. The number of aromatic nitrogens is 2. The molecule has 0 fully saturated rings. The van der Waals surface area contributed by atoms with Gasteiger partial charge in [-0.3, -0.25) is 0 Å². The molecule has 0 N–H and O–H groups in total. The van der Waals surface area contributed by atoms with Gasteiger partial charge >= 0.3 is 0 Å². The number of benzene rings is 2. The van der Waals surface area contributed by atoms with E-state index in [1.807, 2.05) is 12.1 Å². The van der Waals surface area contributed by atoms with Crippen molar-refractivity contribution in [3.05, 3.63) is 65.2 Å². The second-order valence-corrected chi connectivity index (χ2v) is 5.27. The molecule has 21 heavy (non-hydrogen) atoms. The van der Waals surface area contributed by atoms with Crippen LogP contribution >= 0.6 is 11.6 Å². The fourth-order valence-corrected chi connectivity index (χ4v) is 2.86. The Bertz CT molecular complexity index is 780. The number of nitrogens with zero attached hydrogens (tertiary/aromatic N) is 2. The van der Waals surface area contributed by atoms with Crippen molar-refractivity contribution < 1.29 is 4.39 Å². The van der Waals surface area contributed by atoms with Crippen molar-refractivity contribution in [3.63, 3.8) is 0 Å². The van der Waals surface area contributed by atoms with Crippen LogP contribution in [-0.4, -0.2) is 9.55 Å². The zero-order valence-electron chi connectivity index (χ0n) is 11.8. The molecule has 0 unspecified atom stereocenters. The topological polar surface area (TPSA) is 17.8 Å². The summed E-state index contributed by atoms with van der Waals surface area (Å²) in [7, 11) is 0. The summed E-state index contributed by atoms with van der Waals surface area (Å²) in [5, 5.41) is 0. The summed E-state index contributed by atoms with van der Waals surface area (Å²) < 4.78 is 15.4. The second kappa shape index (κ2) is 5.86. The van der Waals surface area contributed by atoms with Gasteiger partial charge in [0.1, 0.15) is 11.6 Å². The fourth-order valence-electron chi connectivity index (χ4n) is 2.66. The Kier molecular flexibility index (Phi) is 3.93. The van der Waals surface area contributed by atoms with Gasteiger partial charge < -0.3 is 4.57 Å². The lowest BCUT2D eigenvalue weighted by Crippen LogP contribution is -2.06. The predicted molar refractivity (Wildman–Crippen MR) is 84.2 cm³/mol. The SMILES string of the molecule is CCc1ccccc1Cn1c(CCl)nc2cc(F)ccc21. The zero-order chi connectivity index (χ0) is 14.8. The maximum atomic E-state index is 13.3. The van der Waals surface area contributed by atoms with E-state index in [1.165, 1.54) is 23.3 Å². The first-order valence-electron chi connectivity index (χ1n) is 7.00. The third-order valence-corrected chi connectivity index (χ3v) is 3.98. The second-order valence-electron chi connectivity index (χ2n) is 5.00. The van der Waals surface area contributed by atoms with Crippen molar-refractivity contribution in [1.82, 2.24) is 9.55 Å². The maximum Gasteiger partial charge on any atom is 0.125 e. The van der Waals surface area contributed by atoms with Gasteiger partial charge in [-0.2, -0.15) is 0 Å². The highest BCUT2D eigenvalue weighted by atomic mass is 35.5. The van der Waals surface area contributed by atoms with Crippen LogP contribution in [0.3, 0.4) is 0 Å². The largest absolute Gasteiger partial charge is 0.322 e. The molecule has 1 heterocycles. The van der Waals surface area contributed by atoms with Crippen molar-refractivity contribution in [1.29, 1.82) is 0 Å². The molecule has 3 aromatic rings. The van der Waals surface area contributed by atoms with Gasteiger partial charge in [-0.1, -0.05) is 31.2 Å². The minimum Gasteiger partial charge on any atom is -0.322 e. The number of aryl methyl sites for hydroxylation is 1. The van der Waals surface area contributed by atoms with Crippen LogP contribution in [0.2, 0.25) is 0 Å². The van der Waals surface area contributed by atoms with E-state index in [0.717, 1.165) is 17.8 Å². The number of fused-ring (bicyclic) bond motifs is 1. The summed E-state index contributed by atoms with van der Waals surface area (Å²) in [5.41, 5.74) is 4.12. The summed E-state index contributed by atoms with van der Waals surface area (Å²) >= 11 is 6.01. The molecule has 0 aliphatic carbocycles. The summed E-state index contributed by atoms with van der Waals surface area (Å²) in [6, 6.07) is 13.0. The van der Waals surface area contributed by atoms with Crippen LogP contribution in [0, 0.1) is 5.82 Å². The van der Waals surface area contributed by atoms with Crippen molar-refractivity contribution in [3.8, 4) is 0 Å². The average molecular weight is 303 g/mol. The van der Waals surface area contributed by atoms with E-state index < -0.39 is 0 Å². The third kappa shape index (κ3) is 2.66. The molecular formula is C17H16ClFN2. The summed E-state index contributed by atoms with van der Waals surface area (Å²) in [4.78, 5) is 4.43. The van der Waals surface area contributed by atoms with E-state index in [9.17, 15) is 4.39 Å². The predicted octanol–water partition coefficient (Wildman–Crippen LogP) is 4.52. The third-order valence-electron chi connectivity index (χ3n) is 3.74. The van der Waals surface area contributed by atoms with Crippen LogP contribution < -0.4 is 0 Å². The number of rotatable bonds is 4. The molecule has 0 aliphatic rings. The molecule has 0 atom stereocenters. The highest BCUT2D eigenvalue weighted by Gasteiger charge is 2.12. The van der Waals surface area contributed by atoms with Crippen molar-refractivity contribution in [2.24, 2.45) is 0 Å². The average Bonchev–Trinajstić information content (AvgIpc) is 2.84. The number of hydrogen-bond donors (Lipinski definition) is 0. The summed E-state index contributed by atoms with van der Waals surface area (Å²) in [6.45, 7) is 2.84. The van der Waals surface area contributed by atoms with E-state index >= 15 is 0 Å². The number of alkyl halides is 1. The van der Waals surface area contributed by atoms with Crippen LogP contribution in [0.5, 0.6) is 0 Å². The Morgan fingerprint density at radius 2 is 1.90 bits per heavy atom. The number of hydrogen-bond acceptors (Lipinski definition) is 1. The minimum atomic E-state index is -0.276. The Balaban J connectivity index is 2.11. The van der Waals surface area contributed by atoms with Crippen LogP contribution in [0.15, 0.2) is 42.5 Å². The first-order chi connectivity index (χ1) is 10.2. The molecule has 0 amide bonds. The van der Waals surface area contributed by atoms with Crippen molar-refractivity contribution in [2.45, 2.75) is 25.8 Å². The quantitative estimate of drug-likeness (QED) is 0.648. The lowest BCUT2D eigenvalue weighted by Gasteiger charge is -2.11. The van der Waals surface area contributed by atoms with Gasteiger partial charge in [-0.25, -0.2) is 9.37 Å². The van der Waals surface area contributed by atoms with Gasteiger partial charge in [0, 0.05) is 12.6 Å². The molecule has 0 saturated carbocycles. The van der Waals surface area contributed by atoms with Crippen LogP contribution in [-0.2, 0) is 18.8 Å². The minimum absolute atomic E-state index is 0.276. The van der Waals surface area contributed by atoms with Crippen LogP contribution in [0.1, 0.15) is 23.9 Å². The van der Waals surface area contributed by atoms with Crippen LogP contribution in [0.4, 0.5) is 4.39 Å². The Hall–Kier alpha value is -1.87. The monoisotopic (exact) mass is 302 g/mol. The van der Waals surface area contributed by atoms with Gasteiger partial charge in [0.2, 0.25) is 0 Å². The molecular weight excluding hydrogens is 287 g/mol. The van der Waals surface area contributed by atoms with Crippen molar-refractivity contribution >= 4 is 22.6 Å². The number of imidazole rings is 1. The van der Waals surface area contributed by atoms with Crippen molar-refractivity contribution in [2.75, 3.05) is 0 Å². The molecule has 108 valence electrons. The van der Waals surface area contributed by atoms with Gasteiger partial charge in [0.05, 0.1) is 16.9 Å². The number of halogens is 2. The van der Waals surface area contributed by atoms with E-state index in [4.69, 9.17) is 11.6 Å². The fraction of sp³-hybridized carbons (Fsp3) is 0.235. The zero-order valence-corrected chi connectivity index (χ0v) is 12.6. The standard InChI is InChI=1S/C17H16ClFN2/c1-2-12-5-3-4-6-13(12)11-21-16-8-7-14(19)9-15(16)20-17(21)10-18/h3-9H,2,10-11H2,1H3. The highest BCUT2D eigenvalue weighted by Crippen LogP contribution is 2.21. The first kappa shape index (κ1) is 14.1. The summed E-state index contributed by atoms with van der Waals surface area (Å²) in [5.74, 6) is 0.801. The molecule has 0 radical (unpaired) electrons. The smallest absolute Gasteiger partial charge is 0.125 e. The van der Waals surface area contributed by atoms with E-state index in [2.05, 4.69) is 28.6 Å².